The van der Waals surface area contributed by atoms with E-state index in [1.165, 1.54) is 0 Å². The quantitative estimate of drug-likeness (QED) is 0.457. The maximum Gasteiger partial charge on any atom is 0.194 e. The molecule has 0 spiro atoms. The van der Waals surface area contributed by atoms with Crippen molar-refractivity contribution >= 4 is 32.5 Å². The summed E-state index contributed by atoms with van der Waals surface area (Å²) in [6.07, 6.45) is 0.820. The Hall–Kier alpha value is -1.93. The third kappa shape index (κ3) is 1.58. The molecule has 0 saturated carbocycles. The van der Waals surface area contributed by atoms with Crippen LogP contribution < -0.4 is 0 Å². The molecule has 3 aromatic carbocycles. The van der Waals surface area contributed by atoms with Crippen LogP contribution >= 0.6 is 15.9 Å². The fourth-order valence-corrected chi connectivity index (χ4v) is 3.65. The van der Waals surface area contributed by atoms with Gasteiger partial charge in [0.25, 0.3) is 0 Å². The lowest BCUT2D eigenvalue weighted by molar-refractivity contribution is 0.103. The summed E-state index contributed by atoms with van der Waals surface area (Å²) in [6, 6.07) is 18.1. The molecule has 0 fully saturated rings. The monoisotopic (exact) mass is 322 g/mol. The van der Waals surface area contributed by atoms with Gasteiger partial charge < -0.3 is 0 Å². The van der Waals surface area contributed by atoms with Gasteiger partial charge in [0, 0.05) is 15.6 Å². The van der Waals surface area contributed by atoms with Crippen molar-refractivity contribution < 1.29 is 4.79 Å². The fraction of sp³-hybridized carbons (Fsp3) is 0.0556. The Morgan fingerprint density at radius 2 is 1.55 bits per heavy atom. The molecule has 0 saturated heterocycles. The van der Waals surface area contributed by atoms with Gasteiger partial charge in [-0.25, -0.2) is 0 Å². The lowest BCUT2D eigenvalue weighted by Crippen LogP contribution is -2.15. The number of carbonyl (C=O) groups excluding carboxylic acids is 1. The summed E-state index contributed by atoms with van der Waals surface area (Å²) in [6.45, 7) is 0. The minimum Gasteiger partial charge on any atom is -0.289 e. The van der Waals surface area contributed by atoms with Crippen molar-refractivity contribution in [3.8, 4) is 0 Å². The normalized spacial score (nSPS) is 13.2. The summed E-state index contributed by atoms with van der Waals surface area (Å²) in [7, 11) is 0. The minimum atomic E-state index is 0.144. The molecule has 4 rings (SSSR count). The molecule has 0 radical (unpaired) electrons. The summed E-state index contributed by atoms with van der Waals surface area (Å²) >= 11 is 3.62. The molecule has 0 amide bonds. The van der Waals surface area contributed by atoms with Crippen molar-refractivity contribution in [2.24, 2.45) is 0 Å². The second-order valence-corrected chi connectivity index (χ2v) is 5.96. The van der Waals surface area contributed by atoms with Crippen LogP contribution in [0.5, 0.6) is 0 Å². The second-order valence-electron chi connectivity index (χ2n) is 5.10. The maximum atomic E-state index is 12.8. The number of hydrogen-bond acceptors (Lipinski definition) is 1. The van der Waals surface area contributed by atoms with E-state index in [-0.39, 0.29) is 5.78 Å². The third-order valence-corrected chi connectivity index (χ3v) is 4.60. The highest BCUT2D eigenvalue weighted by Gasteiger charge is 2.25. The first-order valence-corrected chi connectivity index (χ1v) is 7.38. The topological polar surface area (TPSA) is 17.1 Å². The molecule has 1 aliphatic carbocycles. The van der Waals surface area contributed by atoms with Gasteiger partial charge in [-0.15, -0.1) is 0 Å². The first-order chi connectivity index (χ1) is 9.75. The molecule has 3 aromatic rings. The number of fused-ring (bicyclic) bond motifs is 4. The van der Waals surface area contributed by atoms with E-state index in [9.17, 15) is 4.79 Å². The predicted octanol–water partition coefficient (Wildman–Crippen LogP) is 4.74. The Morgan fingerprint density at radius 3 is 2.40 bits per heavy atom. The Balaban J connectivity index is 2.09. The van der Waals surface area contributed by atoms with E-state index in [0.29, 0.717) is 0 Å². The number of hydrogen-bond donors (Lipinski definition) is 0. The highest BCUT2D eigenvalue weighted by molar-refractivity contribution is 9.10. The third-order valence-electron chi connectivity index (χ3n) is 3.95. The largest absolute Gasteiger partial charge is 0.289 e. The summed E-state index contributed by atoms with van der Waals surface area (Å²) in [5.74, 6) is 0.144. The molecule has 0 aliphatic heterocycles. The van der Waals surface area contributed by atoms with Crippen LogP contribution in [0, 0.1) is 0 Å². The van der Waals surface area contributed by atoms with Gasteiger partial charge in [-0.2, -0.15) is 0 Å². The van der Waals surface area contributed by atoms with Crippen LogP contribution in [-0.4, -0.2) is 5.78 Å². The van der Waals surface area contributed by atoms with Crippen LogP contribution in [0.4, 0.5) is 0 Å². The minimum absolute atomic E-state index is 0.144. The standard InChI is InChI=1S/C18H11BrO/c19-16-10-12-9-11-5-1-2-6-13(11)18(20)17(12)15-8-4-3-7-14(15)16/h1-8,10H,9H2. The summed E-state index contributed by atoms with van der Waals surface area (Å²) in [5.41, 5.74) is 3.93. The van der Waals surface area contributed by atoms with Gasteiger partial charge in [-0.05, 0) is 34.4 Å². The Morgan fingerprint density at radius 1 is 0.850 bits per heavy atom. The van der Waals surface area contributed by atoms with Gasteiger partial charge in [0.05, 0.1) is 0 Å². The van der Waals surface area contributed by atoms with Crippen molar-refractivity contribution in [3.05, 3.63) is 81.3 Å². The highest BCUT2D eigenvalue weighted by Crippen LogP contribution is 2.36. The molecule has 2 heteroatoms. The molecular formula is C18H11BrO. The maximum absolute atomic E-state index is 12.8. The van der Waals surface area contributed by atoms with Gasteiger partial charge in [-0.3, -0.25) is 4.79 Å². The van der Waals surface area contributed by atoms with Crippen LogP contribution in [0.2, 0.25) is 0 Å². The van der Waals surface area contributed by atoms with Gasteiger partial charge in [0.1, 0.15) is 0 Å². The van der Waals surface area contributed by atoms with E-state index in [0.717, 1.165) is 43.9 Å². The average molecular weight is 323 g/mol. The Bertz CT molecular complexity index is 864. The first-order valence-electron chi connectivity index (χ1n) is 6.58. The lowest BCUT2D eigenvalue weighted by atomic mass is 9.82. The Labute approximate surface area is 125 Å². The molecule has 1 nitrogen and oxygen atoms in total. The number of ketones is 1. The average Bonchev–Trinajstić information content (AvgIpc) is 2.47. The smallest absolute Gasteiger partial charge is 0.194 e. The summed E-state index contributed by atoms with van der Waals surface area (Å²) in [5, 5.41) is 2.13. The zero-order chi connectivity index (χ0) is 13.7. The van der Waals surface area contributed by atoms with Crippen LogP contribution in [0.3, 0.4) is 0 Å². The van der Waals surface area contributed by atoms with E-state index in [4.69, 9.17) is 0 Å². The van der Waals surface area contributed by atoms with Crippen LogP contribution in [-0.2, 0) is 6.42 Å². The van der Waals surface area contributed by atoms with Crippen LogP contribution in [0.25, 0.3) is 10.8 Å². The van der Waals surface area contributed by atoms with E-state index < -0.39 is 0 Å². The number of carbonyl (C=O) groups is 1. The van der Waals surface area contributed by atoms with E-state index in [2.05, 4.69) is 22.0 Å². The second kappa shape index (κ2) is 4.29. The van der Waals surface area contributed by atoms with Gasteiger partial charge in [0.2, 0.25) is 0 Å². The molecular weight excluding hydrogens is 312 g/mol. The number of benzene rings is 3. The first kappa shape index (κ1) is 11.9. The zero-order valence-electron chi connectivity index (χ0n) is 10.7. The van der Waals surface area contributed by atoms with Crippen LogP contribution in [0.15, 0.2) is 59.1 Å². The molecule has 0 atom stereocenters. The van der Waals surface area contributed by atoms with Crippen LogP contribution in [0.1, 0.15) is 27.0 Å². The molecule has 0 N–H and O–H groups in total. The van der Waals surface area contributed by atoms with Gasteiger partial charge in [0.15, 0.2) is 5.78 Å². The molecule has 0 bridgehead atoms. The van der Waals surface area contributed by atoms with E-state index >= 15 is 0 Å². The summed E-state index contributed by atoms with van der Waals surface area (Å²) in [4.78, 5) is 12.8. The van der Waals surface area contributed by atoms with Crippen molar-refractivity contribution in [1.29, 1.82) is 0 Å². The highest BCUT2D eigenvalue weighted by atomic mass is 79.9. The molecule has 20 heavy (non-hydrogen) atoms. The van der Waals surface area contributed by atoms with E-state index in [1.807, 2.05) is 48.5 Å². The van der Waals surface area contributed by atoms with Crippen molar-refractivity contribution in [2.75, 3.05) is 0 Å². The molecule has 0 heterocycles. The molecule has 96 valence electrons. The molecule has 0 unspecified atom stereocenters. The van der Waals surface area contributed by atoms with Crippen molar-refractivity contribution in [3.63, 3.8) is 0 Å². The summed E-state index contributed by atoms with van der Waals surface area (Å²) < 4.78 is 1.05. The number of rotatable bonds is 0. The van der Waals surface area contributed by atoms with Gasteiger partial charge in [-0.1, -0.05) is 64.5 Å². The van der Waals surface area contributed by atoms with Gasteiger partial charge >= 0.3 is 0 Å². The SMILES string of the molecule is O=C1c2ccccc2Cc2cc(Br)c3ccccc3c21. The van der Waals surface area contributed by atoms with Crippen molar-refractivity contribution in [2.45, 2.75) is 6.42 Å². The zero-order valence-corrected chi connectivity index (χ0v) is 12.3. The van der Waals surface area contributed by atoms with E-state index in [1.54, 1.807) is 0 Å². The molecule has 0 aromatic heterocycles. The predicted molar refractivity (Wildman–Crippen MR) is 84.3 cm³/mol. The fourth-order valence-electron chi connectivity index (χ4n) is 3.03. The van der Waals surface area contributed by atoms with Crippen molar-refractivity contribution in [1.82, 2.24) is 0 Å². The Kier molecular flexibility index (Phi) is 2.54. The molecule has 1 aliphatic rings. The lowest BCUT2D eigenvalue weighted by Gasteiger charge is -2.20. The number of halogens is 1.